The maximum Gasteiger partial charge on any atom is 0.302 e. The third kappa shape index (κ3) is 4.54. The van der Waals surface area contributed by atoms with Crippen LogP contribution in [-0.4, -0.2) is 11.9 Å². The van der Waals surface area contributed by atoms with Crippen LogP contribution in [-0.2, 0) is 27.5 Å². The predicted octanol–water partition coefficient (Wildman–Crippen LogP) is 3.47. The Morgan fingerprint density at radius 3 is 2.39 bits per heavy atom. The average molecular weight is 309 g/mol. The quantitative estimate of drug-likeness (QED) is 0.606. The monoisotopic (exact) mass is 309 g/mol. The fraction of sp³-hybridized carbons (Fsp3) is 0.158. The van der Waals surface area contributed by atoms with Gasteiger partial charge in [-0.2, -0.15) is 0 Å². The summed E-state index contributed by atoms with van der Waals surface area (Å²) in [5.74, 6) is -0.561. The summed E-state index contributed by atoms with van der Waals surface area (Å²) in [5.41, 5.74) is 2.49. The third-order valence-electron chi connectivity index (χ3n) is 3.34. The van der Waals surface area contributed by atoms with E-state index in [9.17, 15) is 9.59 Å². The Morgan fingerprint density at radius 2 is 1.74 bits per heavy atom. The Labute approximate surface area is 136 Å². The maximum atomic E-state index is 12.3. The van der Waals surface area contributed by atoms with Gasteiger partial charge in [0.2, 0.25) is 0 Å². The molecule has 4 heteroatoms. The van der Waals surface area contributed by atoms with E-state index in [2.05, 4.69) is 6.58 Å². The van der Waals surface area contributed by atoms with Gasteiger partial charge in [0.05, 0.1) is 12.2 Å². The van der Waals surface area contributed by atoms with Crippen molar-refractivity contribution in [1.82, 2.24) is 0 Å². The summed E-state index contributed by atoms with van der Waals surface area (Å²) in [5, 5.41) is 0. The second-order valence-electron chi connectivity index (χ2n) is 5.02. The third-order valence-corrected chi connectivity index (χ3v) is 3.34. The molecule has 0 saturated carbocycles. The highest BCUT2D eigenvalue weighted by Crippen LogP contribution is 2.24. The fourth-order valence-electron chi connectivity index (χ4n) is 2.23. The molecule has 0 aliphatic rings. The summed E-state index contributed by atoms with van der Waals surface area (Å²) in [7, 11) is 0. The minimum Gasteiger partial charge on any atom is -0.461 e. The highest BCUT2D eigenvalue weighted by Gasteiger charge is 2.17. The van der Waals surface area contributed by atoms with E-state index in [4.69, 9.17) is 4.74 Å². The number of carbonyl (C=O) groups excluding carboxylic acids is 2. The molecule has 2 rings (SSSR count). The summed E-state index contributed by atoms with van der Waals surface area (Å²) in [6.07, 6.45) is 1.28. The number of benzene rings is 2. The Morgan fingerprint density at radius 1 is 1.09 bits per heavy atom. The van der Waals surface area contributed by atoms with E-state index in [1.54, 1.807) is 4.90 Å². The number of hydrogen-bond acceptors (Lipinski definition) is 3. The molecule has 1 amide bonds. The van der Waals surface area contributed by atoms with Crippen molar-refractivity contribution in [1.29, 1.82) is 0 Å². The van der Waals surface area contributed by atoms with E-state index >= 15 is 0 Å². The Bertz CT molecular complexity index is 695. The SMILES string of the molecule is C=CC(=O)N(Cc1ccccc1)c1ccccc1COC(C)=O. The van der Waals surface area contributed by atoms with E-state index in [1.807, 2.05) is 54.6 Å². The largest absolute Gasteiger partial charge is 0.461 e. The zero-order chi connectivity index (χ0) is 16.7. The van der Waals surface area contributed by atoms with Crippen LogP contribution in [0.15, 0.2) is 67.3 Å². The van der Waals surface area contributed by atoms with Gasteiger partial charge >= 0.3 is 5.97 Å². The lowest BCUT2D eigenvalue weighted by molar-refractivity contribution is -0.142. The van der Waals surface area contributed by atoms with Gasteiger partial charge in [0.15, 0.2) is 0 Å². The Kier molecular flexibility index (Phi) is 5.69. The molecule has 0 radical (unpaired) electrons. The summed E-state index contributed by atoms with van der Waals surface area (Å²) in [6, 6.07) is 17.1. The molecule has 0 heterocycles. The molecule has 23 heavy (non-hydrogen) atoms. The van der Waals surface area contributed by atoms with Crippen LogP contribution in [0.5, 0.6) is 0 Å². The average Bonchev–Trinajstić information content (AvgIpc) is 2.58. The van der Waals surface area contributed by atoms with E-state index in [0.717, 1.165) is 11.1 Å². The van der Waals surface area contributed by atoms with E-state index in [1.165, 1.54) is 13.0 Å². The van der Waals surface area contributed by atoms with Crippen LogP contribution in [0.25, 0.3) is 0 Å². The van der Waals surface area contributed by atoms with Gasteiger partial charge in [0.1, 0.15) is 6.61 Å². The van der Waals surface area contributed by atoms with Gasteiger partial charge in [-0.1, -0.05) is 55.1 Å². The van der Waals surface area contributed by atoms with Crippen LogP contribution in [0.2, 0.25) is 0 Å². The highest BCUT2D eigenvalue weighted by molar-refractivity contribution is 6.01. The minimum absolute atomic E-state index is 0.126. The maximum absolute atomic E-state index is 12.3. The first-order chi connectivity index (χ1) is 11.1. The molecular formula is C19H19NO3. The van der Waals surface area contributed by atoms with Gasteiger partial charge in [0.25, 0.3) is 5.91 Å². The topological polar surface area (TPSA) is 46.6 Å². The molecule has 0 unspecified atom stereocenters. The molecule has 4 nitrogen and oxygen atoms in total. The van der Waals surface area contributed by atoms with Crippen molar-refractivity contribution in [2.45, 2.75) is 20.1 Å². The number of rotatable bonds is 6. The first-order valence-electron chi connectivity index (χ1n) is 7.31. The molecule has 118 valence electrons. The van der Waals surface area contributed by atoms with Crippen molar-refractivity contribution in [2.24, 2.45) is 0 Å². The minimum atomic E-state index is -0.357. The lowest BCUT2D eigenvalue weighted by atomic mass is 10.1. The Balaban J connectivity index is 2.34. The van der Waals surface area contributed by atoms with Crippen molar-refractivity contribution in [3.8, 4) is 0 Å². The molecule has 0 atom stereocenters. The lowest BCUT2D eigenvalue weighted by Crippen LogP contribution is -2.29. The molecule has 0 N–H and O–H groups in total. The van der Waals surface area contributed by atoms with Gasteiger partial charge in [-0.3, -0.25) is 9.59 Å². The summed E-state index contributed by atoms with van der Waals surface area (Å²) in [6.45, 7) is 5.48. The summed E-state index contributed by atoms with van der Waals surface area (Å²) in [4.78, 5) is 25.0. The van der Waals surface area contributed by atoms with Crippen LogP contribution in [0, 0.1) is 0 Å². The Hall–Kier alpha value is -2.88. The van der Waals surface area contributed by atoms with E-state index < -0.39 is 0 Å². The standard InChI is InChI=1S/C19H19NO3/c1-3-19(22)20(13-16-9-5-4-6-10-16)18-12-8-7-11-17(18)14-23-15(2)21/h3-12H,1,13-14H2,2H3. The molecule has 2 aromatic rings. The normalized spacial score (nSPS) is 9.96. The van der Waals surface area contributed by atoms with Crippen molar-refractivity contribution < 1.29 is 14.3 Å². The molecular weight excluding hydrogens is 290 g/mol. The number of amides is 1. The number of para-hydroxylation sites is 1. The first kappa shape index (κ1) is 16.5. The van der Waals surface area contributed by atoms with Crippen molar-refractivity contribution in [2.75, 3.05) is 4.90 Å². The van der Waals surface area contributed by atoms with Crippen molar-refractivity contribution >= 4 is 17.6 Å². The zero-order valence-corrected chi connectivity index (χ0v) is 13.1. The number of carbonyl (C=O) groups is 2. The molecule has 0 aliphatic carbocycles. The van der Waals surface area contributed by atoms with Crippen LogP contribution in [0.4, 0.5) is 5.69 Å². The molecule has 0 saturated heterocycles. The zero-order valence-electron chi connectivity index (χ0n) is 13.1. The number of anilines is 1. The number of hydrogen-bond donors (Lipinski definition) is 0. The smallest absolute Gasteiger partial charge is 0.302 e. The first-order valence-corrected chi connectivity index (χ1v) is 7.31. The molecule has 0 bridgehead atoms. The molecule has 0 aromatic heterocycles. The predicted molar refractivity (Wildman–Crippen MR) is 89.7 cm³/mol. The number of esters is 1. The highest BCUT2D eigenvalue weighted by atomic mass is 16.5. The van der Waals surface area contributed by atoms with Crippen LogP contribution < -0.4 is 4.90 Å². The van der Waals surface area contributed by atoms with Crippen LogP contribution >= 0.6 is 0 Å². The van der Waals surface area contributed by atoms with E-state index in [-0.39, 0.29) is 18.5 Å². The second kappa shape index (κ2) is 7.94. The number of nitrogens with zero attached hydrogens (tertiary/aromatic N) is 1. The molecule has 2 aromatic carbocycles. The number of ether oxygens (including phenoxy) is 1. The van der Waals surface area contributed by atoms with Crippen molar-refractivity contribution in [3.63, 3.8) is 0 Å². The molecule has 0 spiro atoms. The molecule has 0 aliphatic heterocycles. The molecule has 0 fully saturated rings. The van der Waals surface area contributed by atoms with Gasteiger partial charge in [0, 0.05) is 12.5 Å². The van der Waals surface area contributed by atoms with Crippen LogP contribution in [0.3, 0.4) is 0 Å². The van der Waals surface area contributed by atoms with E-state index in [0.29, 0.717) is 12.2 Å². The van der Waals surface area contributed by atoms with Crippen LogP contribution in [0.1, 0.15) is 18.1 Å². The van der Waals surface area contributed by atoms with Gasteiger partial charge in [-0.25, -0.2) is 0 Å². The van der Waals surface area contributed by atoms with Gasteiger partial charge < -0.3 is 9.64 Å². The van der Waals surface area contributed by atoms with Crippen molar-refractivity contribution in [3.05, 3.63) is 78.4 Å². The fourth-order valence-corrected chi connectivity index (χ4v) is 2.23. The van der Waals surface area contributed by atoms with Gasteiger partial charge in [-0.05, 0) is 17.7 Å². The summed E-state index contributed by atoms with van der Waals surface area (Å²) < 4.78 is 5.08. The summed E-state index contributed by atoms with van der Waals surface area (Å²) >= 11 is 0. The second-order valence-corrected chi connectivity index (χ2v) is 5.02. The van der Waals surface area contributed by atoms with Gasteiger partial charge in [-0.15, -0.1) is 0 Å². The lowest BCUT2D eigenvalue weighted by Gasteiger charge is -2.24.